The topological polar surface area (TPSA) is 84.7 Å². The molecule has 7 heteroatoms. The number of benzene rings is 1. The van der Waals surface area contributed by atoms with E-state index in [1.807, 2.05) is 6.92 Å². The average Bonchev–Trinajstić information content (AvgIpc) is 2.39. The molecule has 0 amide bonds. The predicted molar refractivity (Wildman–Crippen MR) is 85.8 cm³/mol. The molecule has 0 spiro atoms. The molecule has 6 nitrogen and oxygen atoms in total. The molecule has 0 radical (unpaired) electrons. The Kier molecular flexibility index (Phi) is 6.19. The minimum atomic E-state index is -3.55. The first-order valence-corrected chi connectivity index (χ1v) is 7.98. The number of rotatable bonds is 8. The van der Waals surface area contributed by atoms with Crippen LogP contribution in [0, 0.1) is 0 Å². The van der Waals surface area contributed by atoms with E-state index in [1.165, 1.54) is 20.2 Å². The fourth-order valence-corrected chi connectivity index (χ4v) is 2.66. The maximum atomic E-state index is 12.1. The molecule has 0 unspecified atom stereocenters. The Balaban J connectivity index is 2.76. The van der Waals surface area contributed by atoms with Crippen molar-refractivity contribution in [3.63, 3.8) is 0 Å². The van der Waals surface area contributed by atoms with E-state index in [-0.39, 0.29) is 10.6 Å². The molecule has 0 saturated carbocycles. The third-order valence-corrected chi connectivity index (χ3v) is 4.61. The largest absolute Gasteiger partial charge is 0.396 e. The quantitative estimate of drug-likeness (QED) is 0.432. The van der Waals surface area contributed by atoms with E-state index < -0.39 is 10.0 Å². The van der Waals surface area contributed by atoms with Crippen molar-refractivity contribution in [1.82, 2.24) is 4.31 Å². The van der Waals surface area contributed by atoms with E-state index in [9.17, 15) is 8.42 Å². The van der Waals surface area contributed by atoms with Gasteiger partial charge >= 0.3 is 0 Å². The summed E-state index contributed by atoms with van der Waals surface area (Å²) in [6.07, 6.45) is 0. The van der Waals surface area contributed by atoms with E-state index in [4.69, 9.17) is 10.5 Å². The molecule has 0 saturated heterocycles. The molecule has 0 aliphatic heterocycles. The van der Waals surface area contributed by atoms with Crippen molar-refractivity contribution in [2.24, 2.45) is 0 Å². The van der Waals surface area contributed by atoms with Gasteiger partial charge in [0.15, 0.2) is 0 Å². The smallest absolute Gasteiger partial charge is 0.244 e. The highest BCUT2D eigenvalue weighted by Crippen LogP contribution is 2.27. The second-order valence-corrected chi connectivity index (χ2v) is 7.06. The molecule has 1 aromatic carbocycles. The molecule has 118 valence electrons. The van der Waals surface area contributed by atoms with E-state index in [0.29, 0.717) is 25.4 Å². The van der Waals surface area contributed by atoms with Crippen molar-refractivity contribution in [2.75, 3.05) is 44.9 Å². The first-order chi connectivity index (χ1) is 9.76. The van der Waals surface area contributed by atoms with Crippen molar-refractivity contribution < 1.29 is 13.2 Å². The van der Waals surface area contributed by atoms with E-state index in [2.05, 4.69) is 11.9 Å². The SMILES string of the molecule is C=C(C)COCCNc1cccc(S(=O)(=O)N(C)C)c1N. The summed E-state index contributed by atoms with van der Waals surface area (Å²) in [5, 5.41) is 3.08. The zero-order chi connectivity index (χ0) is 16.0. The number of sulfonamides is 1. The maximum absolute atomic E-state index is 12.1. The lowest BCUT2D eigenvalue weighted by Crippen LogP contribution is -2.23. The van der Waals surface area contributed by atoms with Crippen LogP contribution < -0.4 is 11.1 Å². The molecule has 0 atom stereocenters. The van der Waals surface area contributed by atoms with Gasteiger partial charge in [0.25, 0.3) is 0 Å². The van der Waals surface area contributed by atoms with Crippen LogP contribution in [0.15, 0.2) is 35.2 Å². The summed E-state index contributed by atoms with van der Waals surface area (Å²) in [5.41, 5.74) is 7.69. The number of nitrogens with zero attached hydrogens (tertiary/aromatic N) is 1. The van der Waals surface area contributed by atoms with Crippen molar-refractivity contribution in [2.45, 2.75) is 11.8 Å². The van der Waals surface area contributed by atoms with Crippen molar-refractivity contribution in [1.29, 1.82) is 0 Å². The number of para-hydroxylation sites is 1. The second kappa shape index (κ2) is 7.44. The van der Waals surface area contributed by atoms with Gasteiger partial charge < -0.3 is 15.8 Å². The van der Waals surface area contributed by atoms with E-state index in [1.54, 1.807) is 12.1 Å². The Labute approximate surface area is 126 Å². The molecule has 0 aliphatic carbocycles. The molecule has 21 heavy (non-hydrogen) atoms. The Bertz CT molecular complexity index is 597. The predicted octanol–water partition coefficient (Wildman–Crippen LogP) is 1.52. The van der Waals surface area contributed by atoms with Gasteiger partial charge in [-0.25, -0.2) is 12.7 Å². The number of hydrogen-bond donors (Lipinski definition) is 2. The minimum absolute atomic E-state index is 0.0976. The summed E-state index contributed by atoms with van der Waals surface area (Å²) in [4.78, 5) is 0.0976. The monoisotopic (exact) mass is 313 g/mol. The fraction of sp³-hybridized carbons (Fsp3) is 0.429. The van der Waals surface area contributed by atoms with Gasteiger partial charge in [-0.3, -0.25) is 0 Å². The fourth-order valence-electron chi connectivity index (χ4n) is 1.62. The zero-order valence-corrected chi connectivity index (χ0v) is 13.5. The maximum Gasteiger partial charge on any atom is 0.244 e. The number of hydrogen-bond acceptors (Lipinski definition) is 5. The van der Waals surface area contributed by atoms with Crippen LogP contribution in [0.3, 0.4) is 0 Å². The van der Waals surface area contributed by atoms with Crippen LogP contribution >= 0.6 is 0 Å². The van der Waals surface area contributed by atoms with Gasteiger partial charge in [-0.1, -0.05) is 18.2 Å². The number of nitrogens with two attached hydrogens (primary N) is 1. The summed E-state index contributed by atoms with van der Waals surface area (Å²) < 4.78 is 30.8. The summed E-state index contributed by atoms with van der Waals surface area (Å²) >= 11 is 0. The zero-order valence-electron chi connectivity index (χ0n) is 12.7. The summed E-state index contributed by atoms with van der Waals surface area (Å²) in [5.74, 6) is 0. The minimum Gasteiger partial charge on any atom is -0.396 e. The van der Waals surface area contributed by atoms with E-state index >= 15 is 0 Å². The highest BCUT2D eigenvalue weighted by Gasteiger charge is 2.21. The Morgan fingerprint density at radius 2 is 2.10 bits per heavy atom. The van der Waals surface area contributed by atoms with Crippen LogP contribution in [0.1, 0.15) is 6.92 Å². The molecule has 0 aliphatic rings. The van der Waals surface area contributed by atoms with Gasteiger partial charge in [-0.05, 0) is 19.1 Å². The lowest BCUT2D eigenvalue weighted by Gasteiger charge is -2.16. The molecule has 0 heterocycles. The molecule has 0 bridgehead atoms. The summed E-state index contributed by atoms with van der Waals surface area (Å²) in [6.45, 7) is 7.15. The van der Waals surface area contributed by atoms with Crippen LogP contribution in [-0.2, 0) is 14.8 Å². The number of nitrogens with one attached hydrogen (secondary N) is 1. The van der Waals surface area contributed by atoms with Gasteiger partial charge in [0.2, 0.25) is 10.0 Å². The van der Waals surface area contributed by atoms with Gasteiger partial charge in [-0.15, -0.1) is 0 Å². The Hall–Kier alpha value is -1.57. The molecule has 3 N–H and O–H groups in total. The first kappa shape index (κ1) is 17.5. The van der Waals surface area contributed by atoms with Gasteiger partial charge in [0.1, 0.15) is 4.90 Å². The summed E-state index contributed by atoms with van der Waals surface area (Å²) in [7, 11) is -0.606. The standard InChI is InChI=1S/C14H23N3O3S/c1-11(2)10-20-9-8-16-12-6-5-7-13(14(12)15)21(18,19)17(3)4/h5-7,16H,1,8-10,15H2,2-4H3. The molecular formula is C14H23N3O3S. The molecule has 1 rings (SSSR count). The number of anilines is 2. The van der Waals surface area contributed by atoms with Gasteiger partial charge in [0.05, 0.1) is 24.6 Å². The van der Waals surface area contributed by atoms with Crippen LogP contribution in [0.4, 0.5) is 11.4 Å². The van der Waals surface area contributed by atoms with Gasteiger partial charge in [-0.2, -0.15) is 0 Å². The van der Waals surface area contributed by atoms with E-state index in [0.717, 1.165) is 9.88 Å². The Morgan fingerprint density at radius 1 is 1.43 bits per heavy atom. The third-order valence-electron chi connectivity index (χ3n) is 2.74. The molecule has 0 fully saturated rings. The van der Waals surface area contributed by atoms with Crippen LogP contribution in [0.2, 0.25) is 0 Å². The van der Waals surface area contributed by atoms with Crippen LogP contribution in [0.25, 0.3) is 0 Å². The normalized spacial score (nSPS) is 11.6. The van der Waals surface area contributed by atoms with Crippen LogP contribution in [0.5, 0.6) is 0 Å². The number of ether oxygens (including phenoxy) is 1. The highest BCUT2D eigenvalue weighted by molar-refractivity contribution is 7.89. The molecular weight excluding hydrogens is 290 g/mol. The molecule has 0 aromatic heterocycles. The van der Waals surface area contributed by atoms with Crippen molar-refractivity contribution in [3.8, 4) is 0 Å². The third kappa shape index (κ3) is 4.73. The van der Waals surface area contributed by atoms with Crippen molar-refractivity contribution >= 4 is 21.4 Å². The highest BCUT2D eigenvalue weighted by atomic mass is 32.2. The second-order valence-electron chi connectivity index (χ2n) is 4.94. The summed E-state index contributed by atoms with van der Waals surface area (Å²) in [6, 6.07) is 4.89. The Morgan fingerprint density at radius 3 is 2.67 bits per heavy atom. The van der Waals surface area contributed by atoms with Gasteiger partial charge in [0, 0.05) is 20.6 Å². The van der Waals surface area contributed by atoms with Crippen LogP contribution in [-0.4, -0.2) is 46.6 Å². The first-order valence-electron chi connectivity index (χ1n) is 6.54. The lowest BCUT2D eigenvalue weighted by molar-refractivity contribution is 0.167. The van der Waals surface area contributed by atoms with Crippen molar-refractivity contribution in [3.05, 3.63) is 30.4 Å². The molecule has 1 aromatic rings. The lowest BCUT2D eigenvalue weighted by atomic mass is 10.2. The number of nitrogen functional groups attached to an aromatic ring is 1. The average molecular weight is 313 g/mol.